The van der Waals surface area contributed by atoms with Crippen LogP contribution in [0.5, 0.6) is 5.75 Å². The van der Waals surface area contributed by atoms with Crippen LogP contribution >= 0.6 is 0 Å². The maximum atomic E-state index is 12.4. The van der Waals surface area contributed by atoms with Gasteiger partial charge < -0.3 is 14.9 Å². The molecule has 0 aliphatic rings. The molecule has 19 heavy (non-hydrogen) atoms. The smallest absolute Gasteiger partial charge is 0.405 e. The number of benzene rings is 1. The highest BCUT2D eigenvalue weighted by Gasteiger charge is 2.45. The van der Waals surface area contributed by atoms with Crippen molar-refractivity contribution in [2.45, 2.75) is 12.6 Å². The number of aliphatic carboxylic acids is 1. The lowest BCUT2D eigenvalue weighted by molar-refractivity contribution is -0.198. The first kappa shape index (κ1) is 15.3. The van der Waals surface area contributed by atoms with Crippen molar-refractivity contribution in [3.8, 4) is 5.75 Å². The van der Waals surface area contributed by atoms with Gasteiger partial charge in [0.05, 0.1) is 0 Å². The van der Waals surface area contributed by atoms with Gasteiger partial charge in [-0.2, -0.15) is 13.2 Å². The third kappa shape index (κ3) is 4.44. The van der Waals surface area contributed by atoms with E-state index in [0.29, 0.717) is 5.56 Å². The van der Waals surface area contributed by atoms with Crippen LogP contribution in [0.25, 0.3) is 0 Å². The fraction of sp³-hybridized carbons (Fsp3) is 0.417. The van der Waals surface area contributed by atoms with Gasteiger partial charge in [-0.3, -0.25) is 4.79 Å². The third-order valence-corrected chi connectivity index (χ3v) is 2.45. The number of carboxylic acids is 1. The van der Waals surface area contributed by atoms with Gasteiger partial charge in [0.2, 0.25) is 0 Å². The van der Waals surface area contributed by atoms with Crippen LogP contribution < -0.4 is 4.74 Å². The summed E-state index contributed by atoms with van der Waals surface area (Å²) in [4.78, 5) is 10.5. The quantitative estimate of drug-likeness (QED) is 0.833. The van der Waals surface area contributed by atoms with Gasteiger partial charge in [0.25, 0.3) is 0 Å². The number of halogens is 3. The minimum Gasteiger partial charge on any atom is -0.492 e. The molecule has 0 aliphatic heterocycles. The number of alkyl halides is 3. The first-order chi connectivity index (χ1) is 8.86. The van der Waals surface area contributed by atoms with E-state index in [2.05, 4.69) is 0 Å². The van der Waals surface area contributed by atoms with Crippen LogP contribution in [0.1, 0.15) is 5.56 Å². The van der Waals surface area contributed by atoms with Crippen LogP contribution in [0.4, 0.5) is 13.2 Å². The summed E-state index contributed by atoms with van der Waals surface area (Å²) in [6.45, 7) is -1.18. The maximum Gasteiger partial charge on any atom is 0.405 e. The Balaban J connectivity index is 2.77. The molecule has 0 bridgehead atoms. The standard InChI is InChI=1S/C12H13F3O4/c13-12(14,15)9(11(17)18)7-19-10-4-2-1-3-8(10)5-6-16/h1-4,9,16H,5-7H2,(H,17,18). The van der Waals surface area contributed by atoms with Crippen molar-refractivity contribution in [1.29, 1.82) is 0 Å². The van der Waals surface area contributed by atoms with Crippen LogP contribution in [0, 0.1) is 5.92 Å². The molecular weight excluding hydrogens is 265 g/mol. The first-order valence-corrected chi connectivity index (χ1v) is 5.47. The molecule has 0 radical (unpaired) electrons. The molecule has 1 unspecified atom stereocenters. The van der Waals surface area contributed by atoms with Crippen molar-refractivity contribution >= 4 is 5.97 Å². The molecule has 0 aromatic heterocycles. The van der Waals surface area contributed by atoms with Crippen molar-refractivity contribution in [2.24, 2.45) is 5.92 Å². The number of ether oxygens (including phenoxy) is 1. The number of carbonyl (C=O) groups is 1. The van der Waals surface area contributed by atoms with E-state index in [4.69, 9.17) is 14.9 Å². The van der Waals surface area contributed by atoms with Crippen LogP contribution in [0.15, 0.2) is 24.3 Å². The summed E-state index contributed by atoms with van der Waals surface area (Å²) in [7, 11) is 0. The summed E-state index contributed by atoms with van der Waals surface area (Å²) in [6, 6.07) is 6.23. The van der Waals surface area contributed by atoms with Crippen LogP contribution in [-0.2, 0) is 11.2 Å². The van der Waals surface area contributed by atoms with Gasteiger partial charge >= 0.3 is 12.1 Å². The monoisotopic (exact) mass is 278 g/mol. The van der Waals surface area contributed by atoms with Gasteiger partial charge in [-0.25, -0.2) is 0 Å². The Bertz CT molecular complexity index is 431. The lowest BCUT2D eigenvalue weighted by atomic mass is 10.1. The molecule has 0 spiro atoms. The number of hydrogen-bond acceptors (Lipinski definition) is 3. The molecule has 1 atom stereocenters. The second-order valence-electron chi connectivity index (χ2n) is 3.82. The molecule has 1 aromatic rings. The Morgan fingerprint density at radius 2 is 1.95 bits per heavy atom. The zero-order valence-electron chi connectivity index (χ0n) is 9.85. The molecule has 4 nitrogen and oxygen atoms in total. The fourth-order valence-corrected chi connectivity index (χ4v) is 1.45. The van der Waals surface area contributed by atoms with Crippen molar-refractivity contribution in [3.63, 3.8) is 0 Å². The highest BCUT2D eigenvalue weighted by atomic mass is 19.4. The average Bonchev–Trinajstić information content (AvgIpc) is 2.29. The zero-order chi connectivity index (χ0) is 14.5. The molecule has 0 amide bonds. The third-order valence-electron chi connectivity index (χ3n) is 2.45. The Morgan fingerprint density at radius 3 is 2.47 bits per heavy atom. The summed E-state index contributed by atoms with van der Waals surface area (Å²) >= 11 is 0. The van der Waals surface area contributed by atoms with Gasteiger partial charge in [0, 0.05) is 6.61 Å². The molecule has 7 heteroatoms. The number of carboxylic acid groups (broad SMARTS) is 1. The predicted octanol–water partition coefficient (Wildman–Crippen LogP) is 1.86. The lowest BCUT2D eigenvalue weighted by Crippen LogP contribution is -2.35. The van der Waals surface area contributed by atoms with E-state index in [1.807, 2.05) is 0 Å². The topological polar surface area (TPSA) is 66.8 Å². The van der Waals surface area contributed by atoms with E-state index in [-0.39, 0.29) is 18.8 Å². The number of rotatable bonds is 6. The molecule has 2 N–H and O–H groups in total. The average molecular weight is 278 g/mol. The second kappa shape index (κ2) is 6.42. The summed E-state index contributed by atoms with van der Waals surface area (Å²) in [6.07, 6.45) is -4.64. The molecule has 0 saturated carbocycles. The molecule has 1 rings (SSSR count). The normalized spacial score (nSPS) is 13.1. The minimum absolute atomic E-state index is 0.145. The summed E-state index contributed by atoms with van der Waals surface area (Å²) in [5.74, 6) is -4.41. The molecule has 1 aromatic carbocycles. The van der Waals surface area contributed by atoms with Crippen LogP contribution in [-0.4, -0.2) is 35.6 Å². The SMILES string of the molecule is O=C(O)C(COc1ccccc1CCO)C(F)(F)F. The molecule has 0 saturated heterocycles. The van der Waals surface area contributed by atoms with Crippen molar-refractivity contribution in [2.75, 3.05) is 13.2 Å². The van der Waals surface area contributed by atoms with Gasteiger partial charge in [-0.05, 0) is 18.1 Å². The number of para-hydroxylation sites is 1. The molecule has 0 fully saturated rings. The van der Waals surface area contributed by atoms with Crippen molar-refractivity contribution < 1.29 is 32.9 Å². The summed E-state index contributed by atoms with van der Waals surface area (Å²) < 4.78 is 42.2. The van der Waals surface area contributed by atoms with Gasteiger partial charge in [0.15, 0.2) is 5.92 Å². The number of hydrogen-bond donors (Lipinski definition) is 2. The molecule has 106 valence electrons. The van der Waals surface area contributed by atoms with Crippen molar-refractivity contribution in [3.05, 3.63) is 29.8 Å². The van der Waals surface area contributed by atoms with E-state index in [1.54, 1.807) is 18.2 Å². The Labute approximate surface area is 107 Å². The van der Waals surface area contributed by atoms with Gasteiger partial charge in [-0.15, -0.1) is 0 Å². The maximum absolute atomic E-state index is 12.4. The number of aliphatic hydroxyl groups excluding tert-OH is 1. The van der Waals surface area contributed by atoms with E-state index in [1.165, 1.54) is 6.07 Å². The molecule has 0 aliphatic carbocycles. The zero-order valence-corrected chi connectivity index (χ0v) is 9.85. The number of aliphatic hydroxyl groups is 1. The largest absolute Gasteiger partial charge is 0.492 e. The van der Waals surface area contributed by atoms with E-state index >= 15 is 0 Å². The van der Waals surface area contributed by atoms with E-state index < -0.39 is 24.7 Å². The highest BCUT2D eigenvalue weighted by molar-refractivity contribution is 5.71. The van der Waals surface area contributed by atoms with Gasteiger partial charge in [-0.1, -0.05) is 18.2 Å². The van der Waals surface area contributed by atoms with E-state index in [0.717, 1.165) is 0 Å². The van der Waals surface area contributed by atoms with Crippen molar-refractivity contribution in [1.82, 2.24) is 0 Å². The highest BCUT2D eigenvalue weighted by Crippen LogP contribution is 2.28. The Hall–Kier alpha value is -1.76. The first-order valence-electron chi connectivity index (χ1n) is 5.47. The van der Waals surface area contributed by atoms with Crippen LogP contribution in [0.2, 0.25) is 0 Å². The lowest BCUT2D eigenvalue weighted by Gasteiger charge is -2.18. The van der Waals surface area contributed by atoms with Crippen LogP contribution in [0.3, 0.4) is 0 Å². The predicted molar refractivity (Wildman–Crippen MR) is 59.9 cm³/mol. The summed E-state index contributed by atoms with van der Waals surface area (Å²) in [5, 5.41) is 17.3. The summed E-state index contributed by atoms with van der Waals surface area (Å²) in [5.41, 5.74) is 0.524. The Morgan fingerprint density at radius 1 is 1.32 bits per heavy atom. The Kier molecular flexibility index (Phi) is 5.17. The van der Waals surface area contributed by atoms with E-state index in [9.17, 15) is 18.0 Å². The minimum atomic E-state index is -4.86. The molecular formula is C12H13F3O4. The second-order valence-corrected chi connectivity index (χ2v) is 3.82. The fourth-order valence-electron chi connectivity index (χ4n) is 1.45. The molecule has 0 heterocycles. The van der Waals surface area contributed by atoms with Gasteiger partial charge in [0.1, 0.15) is 12.4 Å².